The number of amides is 2. The van der Waals surface area contributed by atoms with E-state index < -0.39 is 11.7 Å². The summed E-state index contributed by atoms with van der Waals surface area (Å²) in [4.78, 5) is 37.2. The number of anilines is 2. The van der Waals surface area contributed by atoms with E-state index in [1.54, 1.807) is 0 Å². The zero-order valence-electron chi connectivity index (χ0n) is 14.2. The van der Waals surface area contributed by atoms with Crippen molar-refractivity contribution in [2.75, 3.05) is 29.6 Å². The Morgan fingerprint density at radius 2 is 2.11 bits per heavy atom. The van der Waals surface area contributed by atoms with Gasteiger partial charge in [-0.1, -0.05) is 23.1 Å². The number of halogens is 1. The van der Waals surface area contributed by atoms with Crippen molar-refractivity contribution in [1.82, 2.24) is 10.2 Å². The van der Waals surface area contributed by atoms with Crippen LogP contribution in [0.2, 0.25) is 0 Å². The molecule has 1 saturated heterocycles. The van der Waals surface area contributed by atoms with E-state index in [1.807, 2.05) is 0 Å². The second-order valence-corrected chi connectivity index (χ2v) is 7.81. The first kappa shape index (κ1) is 19.2. The molecule has 11 heteroatoms. The van der Waals surface area contributed by atoms with Gasteiger partial charge in [0, 0.05) is 18.7 Å². The van der Waals surface area contributed by atoms with Crippen molar-refractivity contribution in [1.29, 1.82) is 0 Å². The molecule has 2 heterocycles. The van der Waals surface area contributed by atoms with Gasteiger partial charge >= 0.3 is 5.97 Å². The number of ether oxygens (including phenoxy) is 1. The number of thioether (sulfide) groups is 1. The lowest BCUT2D eigenvalue weighted by Gasteiger charge is -2.16. The van der Waals surface area contributed by atoms with E-state index in [-0.39, 0.29) is 36.5 Å². The van der Waals surface area contributed by atoms with Crippen molar-refractivity contribution in [3.8, 4) is 0 Å². The van der Waals surface area contributed by atoms with Gasteiger partial charge in [-0.05, 0) is 24.3 Å². The first-order valence-electron chi connectivity index (χ1n) is 7.86. The number of hydrogen-bond donors (Lipinski definition) is 1. The van der Waals surface area contributed by atoms with Crippen LogP contribution in [0.25, 0.3) is 0 Å². The molecule has 2 amide bonds. The van der Waals surface area contributed by atoms with E-state index in [1.165, 1.54) is 36.3 Å². The second-order valence-electron chi connectivity index (χ2n) is 5.61. The Morgan fingerprint density at radius 3 is 2.81 bits per heavy atom. The van der Waals surface area contributed by atoms with Crippen LogP contribution < -0.4 is 10.2 Å². The van der Waals surface area contributed by atoms with E-state index in [9.17, 15) is 18.8 Å². The maximum Gasteiger partial charge on any atom is 0.316 e. The van der Waals surface area contributed by atoms with E-state index in [4.69, 9.17) is 0 Å². The summed E-state index contributed by atoms with van der Waals surface area (Å²) in [5.41, 5.74) is 0.550. The van der Waals surface area contributed by atoms with Crippen LogP contribution in [0.4, 0.5) is 15.2 Å². The van der Waals surface area contributed by atoms with Crippen molar-refractivity contribution in [2.45, 2.75) is 10.8 Å². The summed E-state index contributed by atoms with van der Waals surface area (Å²) in [6.45, 7) is 0.207. The molecule has 1 aromatic heterocycles. The molecule has 27 heavy (non-hydrogen) atoms. The summed E-state index contributed by atoms with van der Waals surface area (Å²) in [5.74, 6) is -1.76. The highest BCUT2D eigenvalue weighted by Gasteiger charge is 2.35. The van der Waals surface area contributed by atoms with Crippen LogP contribution in [0.1, 0.15) is 6.42 Å². The number of aromatic nitrogens is 2. The first-order valence-corrected chi connectivity index (χ1v) is 9.66. The number of carbonyl (C=O) groups excluding carboxylic acids is 3. The predicted octanol–water partition coefficient (Wildman–Crippen LogP) is 1.93. The topological polar surface area (TPSA) is 101 Å². The molecule has 1 fully saturated rings. The lowest BCUT2D eigenvalue weighted by atomic mass is 10.1. The van der Waals surface area contributed by atoms with E-state index in [0.717, 1.165) is 23.1 Å². The third kappa shape index (κ3) is 4.80. The molecule has 142 valence electrons. The van der Waals surface area contributed by atoms with Crippen LogP contribution in [0.5, 0.6) is 0 Å². The quantitative estimate of drug-likeness (QED) is 0.441. The Bertz CT molecular complexity index is 858. The fourth-order valence-corrected chi connectivity index (χ4v) is 4.05. The molecular weight excluding hydrogens is 395 g/mol. The number of benzene rings is 1. The Labute approximate surface area is 162 Å². The van der Waals surface area contributed by atoms with Gasteiger partial charge in [0.25, 0.3) is 0 Å². The van der Waals surface area contributed by atoms with Crippen molar-refractivity contribution in [3.63, 3.8) is 0 Å². The van der Waals surface area contributed by atoms with Crippen molar-refractivity contribution in [3.05, 3.63) is 30.1 Å². The van der Waals surface area contributed by atoms with Crippen LogP contribution >= 0.6 is 23.1 Å². The summed E-state index contributed by atoms with van der Waals surface area (Å²) in [6.07, 6.45) is 0.0615. The standard InChI is InChI=1S/C16H15FN4O4S2/c1-25-13(23)8-26-16-20-19-15(27-16)18-14(24)9-6-12(22)21(7-9)11-4-2-10(17)3-5-11/h2-5,9H,6-8H2,1H3,(H,18,19,24)/t9-/m0/s1. The second kappa shape index (κ2) is 8.44. The summed E-state index contributed by atoms with van der Waals surface area (Å²) in [5, 5.41) is 10.7. The third-order valence-corrected chi connectivity index (χ3v) is 5.76. The van der Waals surface area contributed by atoms with Gasteiger partial charge < -0.3 is 15.0 Å². The lowest BCUT2D eigenvalue weighted by molar-refractivity contribution is -0.137. The van der Waals surface area contributed by atoms with Gasteiger partial charge in [0.2, 0.25) is 16.9 Å². The molecule has 0 radical (unpaired) electrons. The zero-order valence-corrected chi connectivity index (χ0v) is 15.8. The number of methoxy groups -OCH3 is 1. The molecular formula is C16H15FN4O4S2. The molecule has 0 saturated carbocycles. The van der Waals surface area contributed by atoms with Gasteiger partial charge in [-0.15, -0.1) is 10.2 Å². The van der Waals surface area contributed by atoms with Gasteiger partial charge in [0.15, 0.2) is 4.34 Å². The molecule has 3 rings (SSSR count). The summed E-state index contributed by atoms with van der Waals surface area (Å²) >= 11 is 2.29. The number of hydrogen-bond acceptors (Lipinski definition) is 8. The smallest absolute Gasteiger partial charge is 0.316 e. The number of nitrogens with one attached hydrogen (secondary N) is 1. The average molecular weight is 410 g/mol. The fourth-order valence-electron chi connectivity index (χ4n) is 2.46. The monoisotopic (exact) mass is 410 g/mol. The average Bonchev–Trinajstić information content (AvgIpc) is 3.27. The minimum absolute atomic E-state index is 0.0615. The van der Waals surface area contributed by atoms with Crippen molar-refractivity contribution >= 4 is 51.7 Å². The molecule has 0 bridgehead atoms. The SMILES string of the molecule is COC(=O)CSc1nnc(NC(=O)[C@H]2CC(=O)N(c3ccc(F)cc3)C2)s1. The molecule has 1 aliphatic rings. The Kier molecular flexibility index (Phi) is 6.01. The molecule has 0 unspecified atom stereocenters. The van der Waals surface area contributed by atoms with Crippen LogP contribution in [-0.4, -0.2) is 47.4 Å². The van der Waals surface area contributed by atoms with Crippen LogP contribution in [-0.2, 0) is 19.1 Å². The normalized spacial score (nSPS) is 16.4. The lowest BCUT2D eigenvalue weighted by Crippen LogP contribution is -2.28. The highest BCUT2D eigenvalue weighted by molar-refractivity contribution is 8.01. The molecule has 0 aliphatic carbocycles. The van der Waals surface area contributed by atoms with Gasteiger partial charge in [0.05, 0.1) is 18.8 Å². The number of esters is 1. The summed E-state index contributed by atoms with van der Waals surface area (Å²) < 4.78 is 18.1. The molecule has 8 nitrogen and oxygen atoms in total. The number of rotatable bonds is 6. The first-order chi connectivity index (χ1) is 13.0. The van der Waals surface area contributed by atoms with Gasteiger partial charge in [-0.25, -0.2) is 4.39 Å². The number of carbonyl (C=O) groups is 3. The minimum atomic E-state index is -0.544. The van der Waals surface area contributed by atoms with Crippen LogP contribution in [0.3, 0.4) is 0 Å². The molecule has 1 aliphatic heterocycles. The highest BCUT2D eigenvalue weighted by atomic mass is 32.2. The highest BCUT2D eigenvalue weighted by Crippen LogP contribution is 2.28. The van der Waals surface area contributed by atoms with E-state index in [0.29, 0.717) is 15.2 Å². The van der Waals surface area contributed by atoms with Crippen molar-refractivity contribution < 1.29 is 23.5 Å². The molecule has 1 aromatic carbocycles. The molecule has 2 aromatic rings. The van der Waals surface area contributed by atoms with Crippen molar-refractivity contribution in [2.24, 2.45) is 5.92 Å². The zero-order chi connectivity index (χ0) is 19.4. The largest absolute Gasteiger partial charge is 0.468 e. The van der Waals surface area contributed by atoms with E-state index >= 15 is 0 Å². The molecule has 1 N–H and O–H groups in total. The van der Waals surface area contributed by atoms with Gasteiger partial charge in [0.1, 0.15) is 5.82 Å². The maximum atomic E-state index is 13.0. The Hall–Kier alpha value is -2.53. The summed E-state index contributed by atoms with van der Waals surface area (Å²) in [7, 11) is 1.30. The van der Waals surface area contributed by atoms with Crippen LogP contribution in [0, 0.1) is 11.7 Å². The third-order valence-electron chi connectivity index (χ3n) is 3.81. The maximum absolute atomic E-state index is 13.0. The Morgan fingerprint density at radius 1 is 1.37 bits per heavy atom. The summed E-state index contributed by atoms with van der Waals surface area (Å²) in [6, 6.07) is 5.54. The number of nitrogens with zero attached hydrogens (tertiary/aromatic N) is 3. The van der Waals surface area contributed by atoms with Crippen LogP contribution in [0.15, 0.2) is 28.6 Å². The minimum Gasteiger partial charge on any atom is -0.468 e. The molecule has 0 spiro atoms. The Balaban J connectivity index is 1.57. The van der Waals surface area contributed by atoms with E-state index in [2.05, 4.69) is 20.3 Å². The predicted molar refractivity (Wildman–Crippen MR) is 98.1 cm³/mol. The fraction of sp³-hybridized carbons (Fsp3) is 0.312. The molecule has 1 atom stereocenters. The van der Waals surface area contributed by atoms with Gasteiger partial charge in [-0.3, -0.25) is 14.4 Å². The van der Waals surface area contributed by atoms with Gasteiger partial charge in [-0.2, -0.15) is 0 Å².